The average molecular weight is 325 g/mol. The molecule has 0 amide bonds. The van der Waals surface area contributed by atoms with E-state index in [0.29, 0.717) is 5.92 Å². The molecule has 4 heteroatoms. The third-order valence-electron chi connectivity index (χ3n) is 2.94. The molecule has 0 aliphatic heterocycles. The molecule has 96 valence electrons. The van der Waals surface area contributed by atoms with Crippen molar-refractivity contribution in [3.8, 4) is 0 Å². The Kier molecular flexibility index (Phi) is 4.20. The molecule has 1 unspecified atom stereocenters. The third-order valence-corrected chi connectivity index (χ3v) is 4.77. The maximum Gasteiger partial charge on any atom is 0.114 e. The molecule has 1 atom stereocenters. The first kappa shape index (κ1) is 13.7. The number of thiazole rings is 1. The quantitative estimate of drug-likeness (QED) is 0.909. The van der Waals surface area contributed by atoms with E-state index in [0.717, 1.165) is 20.7 Å². The van der Waals surface area contributed by atoms with E-state index < -0.39 is 0 Å². The van der Waals surface area contributed by atoms with Crippen molar-refractivity contribution >= 4 is 27.3 Å². The Morgan fingerprint density at radius 3 is 2.61 bits per heavy atom. The molecular formula is C14H17BrN2S. The third kappa shape index (κ3) is 2.82. The molecule has 2 rings (SSSR count). The van der Waals surface area contributed by atoms with Crippen LogP contribution in [0.25, 0.3) is 0 Å². The summed E-state index contributed by atoms with van der Waals surface area (Å²) < 4.78 is 1.11. The number of nitrogens with two attached hydrogens (primary N) is 1. The molecular weight excluding hydrogens is 308 g/mol. The lowest BCUT2D eigenvalue weighted by molar-refractivity contribution is 0.795. The standard InChI is InChI=1S/C14H17BrN2S/c1-8(2)12-7-18-14(17-12)13(16)10-4-5-11(15)9(3)6-10/h4-8,13H,16H2,1-3H3. The van der Waals surface area contributed by atoms with E-state index in [-0.39, 0.29) is 6.04 Å². The predicted molar refractivity (Wildman–Crippen MR) is 81.1 cm³/mol. The lowest BCUT2D eigenvalue weighted by Gasteiger charge is -2.10. The van der Waals surface area contributed by atoms with Gasteiger partial charge in [-0.3, -0.25) is 0 Å². The van der Waals surface area contributed by atoms with Gasteiger partial charge in [0.25, 0.3) is 0 Å². The van der Waals surface area contributed by atoms with Crippen LogP contribution in [0.5, 0.6) is 0 Å². The second kappa shape index (κ2) is 5.51. The van der Waals surface area contributed by atoms with Gasteiger partial charge in [-0.2, -0.15) is 0 Å². The van der Waals surface area contributed by atoms with Crippen LogP contribution in [-0.4, -0.2) is 4.98 Å². The molecule has 0 radical (unpaired) electrons. The number of benzene rings is 1. The van der Waals surface area contributed by atoms with Gasteiger partial charge in [-0.05, 0) is 30.0 Å². The first-order valence-electron chi connectivity index (χ1n) is 5.96. The Bertz CT molecular complexity index is 548. The van der Waals surface area contributed by atoms with E-state index in [4.69, 9.17) is 5.73 Å². The summed E-state index contributed by atoms with van der Waals surface area (Å²) in [6, 6.07) is 6.08. The van der Waals surface area contributed by atoms with Crippen molar-refractivity contribution in [2.75, 3.05) is 0 Å². The molecule has 0 bridgehead atoms. The van der Waals surface area contributed by atoms with E-state index >= 15 is 0 Å². The summed E-state index contributed by atoms with van der Waals surface area (Å²) >= 11 is 5.15. The Labute approximate surface area is 120 Å². The summed E-state index contributed by atoms with van der Waals surface area (Å²) in [4.78, 5) is 4.62. The number of hydrogen-bond acceptors (Lipinski definition) is 3. The highest BCUT2D eigenvalue weighted by atomic mass is 79.9. The summed E-state index contributed by atoms with van der Waals surface area (Å²) in [6.45, 7) is 6.37. The van der Waals surface area contributed by atoms with Gasteiger partial charge in [0.2, 0.25) is 0 Å². The minimum atomic E-state index is -0.130. The van der Waals surface area contributed by atoms with Gasteiger partial charge >= 0.3 is 0 Å². The summed E-state index contributed by atoms with van der Waals surface area (Å²) in [5.74, 6) is 0.453. The summed E-state index contributed by atoms with van der Waals surface area (Å²) in [7, 11) is 0. The van der Waals surface area contributed by atoms with E-state index in [1.807, 2.05) is 6.07 Å². The molecule has 1 aromatic carbocycles. The van der Waals surface area contributed by atoms with Gasteiger partial charge in [0.1, 0.15) is 5.01 Å². The first-order valence-corrected chi connectivity index (χ1v) is 7.63. The minimum Gasteiger partial charge on any atom is -0.318 e. The van der Waals surface area contributed by atoms with E-state index in [1.165, 1.54) is 5.56 Å². The number of aryl methyl sites for hydroxylation is 1. The Balaban J connectivity index is 2.29. The fraction of sp³-hybridized carbons (Fsp3) is 0.357. The largest absolute Gasteiger partial charge is 0.318 e. The van der Waals surface area contributed by atoms with Gasteiger partial charge in [0, 0.05) is 9.85 Å². The molecule has 0 aliphatic rings. The minimum absolute atomic E-state index is 0.130. The fourth-order valence-corrected chi connectivity index (χ4v) is 2.97. The molecule has 0 fully saturated rings. The van der Waals surface area contributed by atoms with Crippen LogP contribution in [-0.2, 0) is 0 Å². The van der Waals surface area contributed by atoms with E-state index in [1.54, 1.807) is 11.3 Å². The van der Waals surface area contributed by atoms with Crippen LogP contribution in [0.3, 0.4) is 0 Å². The van der Waals surface area contributed by atoms with Gasteiger partial charge in [0.15, 0.2) is 0 Å². The zero-order chi connectivity index (χ0) is 13.3. The highest BCUT2D eigenvalue weighted by Gasteiger charge is 2.15. The Morgan fingerprint density at radius 1 is 1.33 bits per heavy atom. The van der Waals surface area contributed by atoms with Crippen molar-refractivity contribution < 1.29 is 0 Å². The van der Waals surface area contributed by atoms with Crippen LogP contribution in [0.15, 0.2) is 28.1 Å². The predicted octanol–water partition coefficient (Wildman–Crippen LogP) is 4.39. The Morgan fingerprint density at radius 2 is 2.06 bits per heavy atom. The van der Waals surface area contributed by atoms with E-state index in [9.17, 15) is 0 Å². The monoisotopic (exact) mass is 324 g/mol. The lowest BCUT2D eigenvalue weighted by Crippen LogP contribution is -2.12. The Hall–Kier alpha value is -0.710. The second-order valence-electron chi connectivity index (χ2n) is 4.75. The van der Waals surface area contributed by atoms with Crippen LogP contribution < -0.4 is 5.73 Å². The number of hydrogen-bond donors (Lipinski definition) is 1. The van der Waals surface area contributed by atoms with Crippen molar-refractivity contribution in [2.24, 2.45) is 5.73 Å². The van der Waals surface area contributed by atoms with Gasteiger partial charge < -0.3 is 5.73 Å². The van der Waals surface area contributed by atoms with Crippen molar-refractivity contribution in [2.45, 2.75) is 32.7 Å². The maximum absolute atomic E-state index is 6.28. The van der Waals surface area contributed by atoms with Gasteiger partial charge in [0.05, 0.1) is 11.7 Å². The second-order valence-corrected chi connectivity index (χ2v) is 6.50. The van der Waals surface area contributed by atoms with Crippen molar-refractivity contribution in [3.63, 3.8) is 0 Å². The van der Waals surface area contributed by atoms with Gasteiger partial charge in [-0.25, -0.2) is 4.98 Å². The van der Waals surface area contributed by atoms with Crippen LogP contribution in [0.4, 0.5) is 0 Å². The SMILES string of the molecule is Cc1cc(C(N)c2nc(C(C)C)cs2)ccc1Br. The van der Waals surface area contributed by atoms with Gasteiger partial charge in [-0.1, -0.05) is 41.9 Å². The van der Waals surface area contributed by atoms with Crippen molar-refractivity contribution in [3.05, 3.63) is 49.9 Å². The average Bonchev–Trinajstić information content (AvgIpc) is 2.81. The van der Waals surface area contributed by atoms with Crippen LogP contribution in [0, 0.1) is 6.92 Å². The van der Waals surface area contributed by atoms with Crippen molar-refractivity contribution in [1.82, 2.24) is 4.98 Å². The maximum atomic E-state index is 6.28. The number of nitrogens with zero attached hydrogens (tertiary/aromatic N) is 1. The van der Waals surface area contributed by atoms with Gasteiger partial charge in [-0.15, -0.1) is 11.3 Å². The summed E-state index contributed by atoms with van der Waals surface area (Å²) in [6.07, 6.45) is 0. The molecule has 1 aromatic heterocycles. The van der Waals surface area contributed by atoms with Crippen molar-refractivity contribution in [1.29, 1.82) is 0 Å². The first-order chi connectivity index (χ1) is 8.49. The molecule has 0 aliphatic carbocycles. The molecule has 18 heavy (non-hydrogen) atoms. The highest BCUT2D eigenvalue weighted by Crippen LogP contribution is 2.28. The normalized spacial score (nSPS) is 13.0. The summed E-state index contributed by atoms with van der Waals surface area (Å²) in [5, 5.41) is 3.09. The van der Waals surface area contributed by atoms with Crippen LogP contribution in [0.1, 0.15) is 47.6 Å². The molecule has 2 N–H and O–H groups in total. The molecule has 2 aromatic rings. The number of rotatable bonds is 3. The van der Waals surface area contributed by atoms with Crippen LogP contribution in [0.2, 0.25) is 0 Å². The molecule has 2 nitrogen and oxygen atoms in total. The number of halogens is 1. The molecule has 0 saturated heterocycles. The topological polar surface area (TPSA) is 38.9 Å². The molecule has 0 spiro atoms. The molecule has 0 saturated carbocycles. The fourth-order valence-electron chi connectivity index (χ4n) is 1.71. The van der Waals surface area contributed by atoms with E-state index in [2.05, 4.69) is 59.2 Å². The smallest absolute Gasteiger partial charge is 0.114 e. The molecule has 1 heterocycles. The number of aromatic nitrogens is 1. The zero-order valence-corrected chi connectivity index (χ0v) is 13.2. The zero-order valence-electron chi connectivity index (χ0n) is 10.8. The lowest BCUT2D eigenvalue weighted by atomic mass is 10.1. The highest BCUT2D eigenvalue weighted by molar-refractivity contribution is 9.10. The summed E-state index contributed by atoms with van der Waals surface area (Å²) in [5.41, 5.74) is 9.71. The van der Waals surface area contributed by atoms with Crippen LogP contribution >= 0.6 is 27.3 Å².